The minimum absolute atomic E-state index is 0.300. The summed E-state index contributed by atoms with van der Waals surface area (Å²) in [6.07, 6.45) is 3.44. The largest absolute Gasteiger partial charge is 0.356 e. The fraction of sp³-hybridized carbons (Fsp3) is 0.500. The summed E-state index contributed by atoms with van der Waals surface area (Å²) in [5.74, 6) is 1.03. The Labute approximate surface area is 143 Å². The number of nitrogens with one attached hydrogen (secondary N) is 2. The molecule has 0 amide bonds. The van der Waals surface area contributed by atoms with Crippen LogP contribution < -0.4 is 16.5 Å². The molecule has 0 aliphatic heterocycles. The van der Waals surface area contributed by atoms with Crippen molar-refractivity contribution in [1.82, 2.24) is 20.0 Å². The maximum absolute atomic E-state index is 12.7. The predicted octanol–water partition coefficient (Wildman–Crippen LogP) is 2.64. The van der Waals surface area contributed by atoms with Gasteiger partial charge in [0.1, 0.15) is 5.82 Å². The summed E-state index contributed by atoms with van der Waals surface area (Å²) in [5.41, 5.74) is 8.95. The topological polar surface area (TPSA) is 71.8 Å². The molecule has 0 aliphatic rings. The smallest absolute Gasteiger partial charge is 0.289 e. The molecule has 0 spiro atoms. The lowest BCUT2D eigenvalue weighted by molar-refractivity contribution is 0.719. The van der Waals surface area contributed by atoms with E-state index < -0.39 is 0 Å². The highest BCUT2D eigenvalue weighted by atomic mass is 16.1. The van der Waals surface area contributed by atoms with Crippen LogP contribution in [0.2, 0.25) is 0 Å². The fourth-order valence-corrected chi connectivity index (χ4v) is 2.82. The van der Waals surface area contributed by atoms with Gasteiger partial charge in [0.25, 0.3) is 0 Å². The SMILES string of the molecule is CCCNNc1nc(CC)n(-c2cccc(CC)c2CC)c(=O)n1. The number of hydrazine groups is 1. The minimum atomic E-state index is -0.300. The molecule has 2 aromatic rings. The molecule has 0 saturated carbocycles. The molecule has 0 atom stereocenters. The van der Waals surface area contributed by atoms with Crippen molar-refractivity contribution in [2.45, 2.75) is 53.4 Å². The van der Waals surface area contributed by atoms with Gasteiger partial charge in [-0.3, -0.25) is 5.43 Å². The number of benzene rings is 1. The average Bonchev–Trinajstić information content (AvgIpc) is 2.60. The maximum Gasteiger partial charge on any atom is 0.356 e. The van der Waals surface area contributed by atoms with E-state index in [1.807, 2.05) is 19.1 Å². The van der Waals surface area contributed by atoms with Crippen LogP contribution in [0.5, 0.6) is 0 Å². The molecule has 130 valence electrons. The third-order valence-electron chi connectivity index (χ3n) is 4.00. The Balaban J connectivity index is 2.53. The number of hydrogen-bond acceptors (Lipinski definition) is 5. The second-order valence-electron chi connectivity index (χ2n) is 5.61. The monoisotopic (exact) mass is 329 g/mol. The predicted molar refractivity (Wildman–Crippen MR) is 97.7 cm³/mol. The fourth-order valence-electron chi connectivity index (χ4n) is 2.82. The van der Waals surface area contributed by atoms with Crippen molar-refractivity contribution >= 4 is 5.95 Å². The molecule has 0 saturated heterocycles. The zero-order valence-corrected chi connectivity index (χ0v) is 15.0. The Hall–Kier alpha value is -2.21. The third kappa shape index (κ3) is 3.82. The van der Waals surface area contributed by atoms with Gasteiger partial charge in [0, 0.05) is 13.0 Å². The van der Waals surface area contributed by atoms with Gasteiger partial charge >= 0.3 is 5.69 Å². The van der Waals surface area contributed by atoms with Crippen LogP contribution in [-0.2, 0) is 19.3 Å². The molecule has 0 aliphatic carbocycles. The number of nitrogens with zero attached hydrogens (tertiary/aromatic N) is 3. The first kappa shape index (κ1) is 18.1. The zero-order valence-electron chi connectivity index (χ0n) is 15.0. The summed E-state index contributed by atoms with van der Waals surface area (Å²) >= 11 is 0. The lowest BCUT2D eigenvalue weighted by atomic mass is 10.0. The standard InChI is InChI=1S/C18H27N5O/c1-5-12-19-22-17-20-16(8-4)23(18(24)21-17)15-11-9-10-13(6-2)14(15)7-3/h9-11,19H,5-8,12H2,1-4H3,(H,21,22,24). The molecule has 1 aromatic heterocycles. The average molecular weight is 329 g/mol. The van der Waals surface area contributed by atoms with E-state index in [0.29, 0.717) is 18.2 Å². The van der Waals surface area contributed by atoms with E-state index in [4.69, 9.17) is 0 Å². The first-order chi connectivity index (χ1) is 11.7. The molecule has 24 heavy (non-hydrogen) atoms. The summed E-state index contributed by atoms with van der Waals surface area (Å²) in [4.78, 5) is 21.3. The van der Waals surface area contributed by atoms with Crippen LogP contribution in [-0.4, -0.2) is 21.1 Å². The lowest BCUT2D eigenvalue weighted by Gasteiger charge is -2.17. The zero-order chi connectivity index (χ0) is 17.5. The number of aromatic nitrogens is 3. The maximum atomic E-state index is 12.7. The van der Waals surface area contributed by atoms with Gasteiger partial charge < -0.3 is 0 Å². The van der Waals surface area contributed by atoms with Crippen molar-refractivity contribution in [3.63, 3.8) is 0 Å². The van der Waals surface area contributed by atoms with Gasteiger partial charge in [0.2, 0.25) is 5.95 Å². The molecular formula is C18H27N5O. The normalized spacial score (nSPS) is 10.8. The van der Waals surface area contributed by atoms with Gasteiger partial charge in [-0.25, -0.2) is 14.8 Å². The van der Waals surface area contributed by atoms with Crippen molar-refractivity contribution in [3.8, 4) is 5.69 Å². The van der Waals surface area contributed by atoms with E-state index in [9.17, 15) is 4.79 Å². The molecule has 2 N–H and O–H groups in total. The van der Waals surface area contributed by atoms with Crippen molar-refractivity contribution < 1.29 is 0 Å². The van der Waals surface area contributed by atoms with Crippen LogP contribution in [0.25, 0.3) is 5.69 Å². The highest BCUT2D eigenvalue weighted by molar-refractivity contribution is 5.47. The molecule has 0 radical (unpaired) electrons. The lowest BCUT2D eigenvalue weighted by Crippen LogP contribution is -2.31. The minimum Gasteiger partial charge on any atom is -0.289 e. The van der Waals surface area contributed by atoms with Crippen LogP contribution in [0.15, 0.2) is 23.0 Å². The first-order valence-corrected chi connectivity index (χ1v) is 8.76. The van der Waals surface area contributed by atoms with E-state index in [1.165, 1.54) is 11.1 Å². The van der Waals surface area contributed by atoms with Crippen molar-refractivity contribution in [3.05, 3.63) is 45.6 Å². The third-order valence-corrected chi connectivity index (χ3v) is 4.00. The summed E-state index contributed by atoms with van der Waals surface area (Å²) in [5, 5.41) is 0. The number of hydrogen-bond donors (Lipinski definition) is 2. The Morgan fingerprint density at radius 2 is 1.83 bits per heavy atom. The van der Waals surface area contributed by atoms with E-state index in [0.717, 1.165) is 31.5 Å². The Kier molecular flexibility index (Phi) is 6.49. The van der Waals surface area contributed by atoms with E-state index in [1.54, 1.807) is 4.57 Å². The van der Waals surface area contributed by atoms with E-state index in [2.05, 4.69) is 47.7 Å². The Morgan fingerprint density at radius 1 is 1.04 bits per heavy atom. The molecule has 0 unspecified atom stereocenters. The van der Waals surface area contributed by atoms with Crippen molar-refractivity contribution in [2.24, 2.45) is 0 Å². The molecule has 0 bridgehead atoms. The summed E-state index contributed by atoms with van der Waals surface area (Å²) in [6, 6.07) is 6.09. The highest BCUT2D eigenvalue weighted by Crippen LogP contribution is 2.20. The second kappa shape index (κ2) is 8.59. The van der Waals surface area contributed by atoms with Crippen molar-refractivity contribution in [1.29, 1.82) is 0 Å². The summed E-state index contributed by atoms with van der Waals surface area (Å²) in [6.45, 7) is 9.09. The Bertz CT molecular complexity index is 739. The van der Waals surface area contributed by atoms with Gasteiger partial charge in [0.05, 0.1) is 5.69 Å². The number of rotatable bonds is 8. The molecular weight excluding hydrogens is 302 g/mol. The number of anilines is 1. The second-order valence-corrected chi connectivity index (χ2v) is 5.61. The molecule has 1 heterocycles. The summed E-state index contributed by atoms with van der Waals surface area (Å²) < 4.78 is 1.64. The van der Waals surface area contributed by atoms with Gasteiger partial charge in [-0.05, 0) is 36.5 Å². The van der Waals surface area contributed by atoms with Gasteiger partial charge in [-0.2, -0.15) is 9.97 Å². The van der Waals surface area contributed by atoms with Crippen LogP contribution in [0, 0.1) is 0 Å². The highest BCUT2D eigenvalue weighted by Gasteiger charge is 2.15. The van der Waals surface area contributed by atoms with E-state index >= 15 is 0 Å². The van der Waals surface area contributed by atoms with Gasteiger partial charge in [0.15, 0.2) is 0 Å². The van der Waals surface area contributed by atoms with Crippen LogP contribution in [0.1, 0.15) is 51.1 Å². The van der Waals surface area contributed by atoms with Crippen LogP contribution >= 0.6 is 0 Å². The summed E-state index contributed by atoms with van der Waals surface area (Å²) in [7, 11) is 0. The van der Waals surface area contributed by atoms with Gasteiger partial charge in [-0.15, -0.1) is 0 Å². The quantitative estimate of drug-likeness (QED) is 0.575. The Morgan fingerprint density at radius 3 is 2.46 bits per heavy atom. The van der Waals surface area contributed by atoms with E-state index in [-0.39, 0.29) is 5.69 Å². The molecule has 6 nitrogen and oxygen atoms in total. The molecule has 2 rings (SSSR count). The van der Waals surface area contributed by atoms with Crippen LogP contribution in [0.4, 0.5) is 5.95 Å². The van der Waals surface area contributed by atoms with Crippen LogP contribution in [0.3, 0.4) is 0 Å². The number of aryl methyl sites for hydroxylation is 2. The first-order valence-electron chi connectivity index (χ1n) is 8.76. The molecule has 6 heteroatoms. The van der Waals surface area contributed by atoms with Crippen molar-refractivity contribution in [2.75, 3.05) is 12.0 Å². The molecule has 1 aromatic carbocycles. The molecule has 0 fully saturated rings. The van der Waals surface area contributed by atoms with Gasteiger partial charge in [-0.1, -0.05) is 39.8 Å².